The Balaban J connectivity index is 1.72. The Bertz CT molecular complexity index is 853. The first kappa shape index (κ1) is 23.8. The lowest BCUT2D eigenvalue weighted by molar-refractivity contribution is -0.148. The van der Waals surface area contributed by atoms with Crippen molar-refractivity contribution in [2.24, 2.45) is 17.8 Å². The van der Waals surface area contributed by atoms with E-state index in [9.17, 15) is 14.4 Å². The maximum atomic E-state index is 13.2. The molecule has 0 saturated carbocycles. The number of nitrogens with one attached hydrogen (secondary N) is 1. The van der Waals surface area contributed by atoms with E-state index in [1.165, 1.54) is 4.90 Å². The van der Waals surface area contributed by atoms with Gasteiger partial charge < -0.3 is 14.8 Å². The highest BCUT2D eigenvalue weighted by Gasteiger charge is 2.51. The van der Waals surface area contributed by atoms with Crippen LogP contribution in [0, 0.1) is 17.8 Å². The first-order valence-corrected chi connectivity index (χ1v) is 11.5. The quantitative estimate of drug-likeness (QED) is 0.443. The summed E-state index contributed by atoms with van der Waals surface area (Å²) in [5.74, 6) is -0.00488. The summed E-state index contributed by atoms with van der Waals surface area (Å²) in [5.41, 5.74) is 0.847. The number of benzene rings is 1. The van der Waals surface area contributed by atoms with E-state index in [-0.39, 0.29) is 42.0 Å². The molecule has 0 aromatic heterocycles. The van der Waals surface area contributed by atoms with E-state index in [2.05, 4.69) is 5.32 Å². The van der Waals surface area contributed by atoms with E-state index in [0.29, 0.717) is 37.4 Å². The summed E-state index contributed by atoms with van der Waals surface area (Å²) in [6.45, 7) is 6.87. The van der Waals surface area contributed by atoms with Crippen LogP contribution in [-0.4, -0.2) is 42.4 Å². The highest BCUT2D eigenvalue weighted by Crippen LogP contribution is 2.37. The van der Waals surface area contributed by atoms with Gasteiger partial charge >= 0.3 is 0 Å². The molecule has 1 aromatic rings. The zero-order valence-corrected chi connectivity index (χ0v) is 19.4. The zero-order chi connectivity index (χ0) is 23.3. The van der Waals surface area contributed by atoms with Crippen LogP contribution in [0.5, 0.6) is 11.5 Å². The number of ether oxygens (including phenoxy) is 2. The monoisotopic (exact) mass is 442 g/mol. The minimum atomic E-state index is -0.797. The molecule has 0 spiro atoms. The molecule has 2 aliphatic rings. The Morgan fingerprint density at radius 1 is 1.12 bits per heavy atom. The van der Waals surface area contributed by atoms with Crippen molar-refractivity contribution >= 4 is 17.7 Å². The smallest absolute Gasteiger partial charge is 0.243 e. The normalized spacial score (nSPS) is 21.0. The maximum absolute atomic E-state index is 13.2. The summed E-state index contributed by atoms with van der Waals surface area (Å²) in [5, 5.41) is 2.92. The second kappa shape index (κ2) is 10.7. The van der Waals surface area contributed by atoms with Gasteiger partial charge in [0.15, 0.2) is 11.5 Å². The topological polar surface area (TPSA) is 84.9 Å². The van der Waals surface area contributed by atoms with Crippen molar-refractivity contribution in [3.63, 3.8) is 0 Å². The number of carbonyl (C=O) groups is 3. The van der Waals surface area contributed by atoms with Gasteiger partial charge in [-0.2, -0.15) is 0 Å². The number of amides is 3. The Labute approximate surface area is 190 Å². The molecule has 174 valence electrons. The second-order valence-electron chi connectivity index (χ2n) is 8.90. The molecule has 3 atom stereocenters. The molecule has 3 rings (SSSR count). The van der Waals surface area contributed by atoms with E-state index in [0.717, 1.165) is 12.0 Å². The van der Waals surface area contributed by atoms with E-state index in [1.54, 1.807) is 7.11 Å². The predicted molar refractivity (Wildman–Crippen MR) is 121 cm³/mol. The highest BCUT2D eigenvalue weighted by atomic mass is 16.5. The van der Waals surface area contributed by atoms with Crippen molar-refractivity contribution in [3.05, 3.63) is 35.9 Å². The van der Waals surface area contributed by atoms with Crippen LogP contribution in [0.2, 0.25) is 0 Å². The van der Waals surface area contributed by atoms with Crippen molar-refractivity contribution in [1.82, 2.24) is 10.2 Å². The Morgan fingerprint density at radius 3 is 2.34 bits per heavy atom. The number of hydrogen-bond donors (Lipinski definition) is 1. The lowest BCUT2D eigenvalue weighted by atomic mass is 9.85. The van der Waals surface area contributed by atoms with Crippen LogP contribution in [0.4, 0.5) is 0 Å². The summed E-state index contributed by atoms with van der Waals surface area (Å²) in [6.07, 6.45) is 6.36. The van der Waals surface area contributed by atoms with E-state index >= 15 is 0 Å². The van der Waals surface area contributed by atoms with Crippen LogP contribution in [-0.2, 0) is 20.9 Å². The van der Waals surface area contributed by atoms with Gasteiger partial charge in [0, 0.05) is 6.54 Å². The number of hydrogen-bond acceptors (Lipinski definition) is 5. The predicted octanol–water partition coefficient (Wildman–Crippen LogP) is 3.47. The lowest BCUT2D eigenvalue weighted by Crippen LogP contribution is -2.50. The Kier molecular flexibility index (Phi) is 7.94. The fourth-order valence-electron chi connectivity index (χ4n) is 4.37. The molecule has 7 nitrogen and oxygen atoms in total. The van der Waals surface area contributed by atoms with Gasteiger partial charge in [0.25, 0.3) is 0 Å². The third-order valence-electron chi connectivity index (χ3n) is 6.01. The minimum Gasteiger partial charge on any atom is -0.493 e. The van der Waals surface area contributed by atoms with Gasteiger partial charge in [-0.05, 0) is 49.3 Å². The van der Waals surface area contributed by atoms with Gasteiger partial charge in [-0.3, -0.25) is 19.3 Å². The molecule has 7 heteroatoms. The number of fused-ring (bicyclic) bond motifs is 1. The Hall–Kier alpha value is -2.83. The van der Waals surface area contributed by atoms with Crippen LogP contribution in [0.15, 0.2) is 30.4 Å². The number of carbonyl (C=O) groups excluding carboxylic acids is 3. The number of methoxy groups -OCH3 is 1. The fourth-order valence-corrected chi connectivity index (χ4v) is 4.37. The third kappa shape index (κ3) is 5.14. The summed E-state index contributed by atoms with van der Waals surface area (Å²) >= 11 is 0. The minimum absolute atomic E-state index is 0.155. The van der Waals surface area contributed by atoms with Crippen LogP contribution in [0.3, 0.4) is 0 Å². The second-order valence-corrected chi connectivity index (χ2v) is 8.90. The number of rotatable bonds is 10. The molecule has 1 N–H and O–H groups in total. The SMILES string of the molecule is CCCOc1ccc(CNC(=O)C(CC(C)C)N2C(=O)C3CC=CCC3C2=O)cc1OC. The average Bonchev–Trinajstić information content (AvgIpc) is 3.04. The number of nitrogens with zero attached hydrogens (tertiary/aromatic N) is 1. The summed E-state index contributed by atoms with van der Waals surface area (Å²) in [7, 11) is 1.58. The number of allylic oxidation sites excluding steroid dienone is 2. The van der Waals surface area contributed by atoms with Crippen molar-refractivity contribution in [1.29, 1.82) is 0 Å². The van der Waals surface area contributed by atoms with Gasteiger partial charge in [-0.1, -0.05) is 39.0 Å². The molecule has 1 heterocycles. The average molecular weight is 443 g/mol. The highest BCUT2D eigenvalue weighted by molar-refractivity contribution is 6.08. The fraction of sp³-hybridized carbons (Fsp3) is 0.560. The molecule has 0 radical (unpaired) electrons. The molecular formula is C25H34N2O5. The van der Waals surface area contributed by atoms with Crippen molar-refractivity contribution in [2.75, 3.05) is 13.7 Å². The van der Waals surface area contributed by atoms with Gasteiger partial charge in [0.05, 0.1) is 25.6 Å². The molecular weight excluding hydrogens is 408 g/mol. The summed E-state index contributed by atoms with van der Waals surface area (Å²) < 4.78 is 11.1. The molecule has 1 saturated heterocycles. The van der Waals surface area contributed by atoms with Crippen LogP contribution < -0.4 is 14.8 Å². The maximum Gasteiger partial charge on any atom is 0.243 e. The zero-order valence-electron chi connectivity index (χ0n) is 19.4. The molecule has 1 aromatic carbocycles. The standard InChI is InChI=1S/C25H34N2O5/c1-5-12-32-21-11-10-17(14-22(21)31-4)15-26-23(28)20(13-16(2)3)27-24(29)18-8-6-7-9-19(18)25(27)30/h6-7,10-11,14,16,18-20H,5,8-9,12-13,15H2,1-4H3,(H,26,28). The molecule has 1 fully saturated rings. The first-order valence-electron chi connectivity index (χ1n) is 11.5. The molecule has 0 bridgehead atoms. The molecule has 1 aliphatic heterocycles. The Morgan fingerprint density at radius 2 is 1.78 bits per heavy atom. The molecule has 3 amide bonds. The van der Waals surface area contributed by atoms with Crippen LogP contribution >= 0.6 is 0 Å². The van der Waals surface area contributed by atoms with Gasteiger partial charge in [-0.15, -0.1) is 0 Å². The van der Waals surface area contributed by atoms with Gasteiger partial charge in [0.1, 0.15) is 6.04 Å². The third-order valence-corrected chi connectivity index (χ3v) is 6.01. The van der Waals surface area contributed by atoms with Crippen molar-refractivity contribution < 1.29 is 23.9 Å². The van der Waals surface area contributed by atoms with Crippen LogP contribution in [0.1, 0.15) is 52.0 Å². The van der Waals surface area contributed by atoms with Gasteiger partial charge in [0.2, 0.25) is 17.7 Å². The molecule has 32 heavy (non-hydrogen) atoms. The largest absolute Gasteiger partial charge is 0.493 e. The summed E-state index contributed by atoms with van der Waals surface area (Å²) in [6, 6.07) is 4.73. The molecule has 1 aliphatic carbocycles. The van der Waals surface area contributed by atoms with E-state index in [1.807, 2.05) is 51.1 Å². The van der Waals surface area contributed by atoms with E-state index < -0.39 is 6.04 Å². The molecule has 3 unspecified atom stereocenters. The van der Waals surface area contributed by atoms with Gasteiger partial charge in [-0.25, -0.2) is 0 Å². The van der Waals surface area contributed by atoms with Crippen molar-refractivity contribution in [3.8, 4) is 11.5 Å². The number of likely N-dealkylation sites (tertiary alicyclic amines) is 1. The first-order chi connectivity index (χ1) is 15.4. The van der Waals surface area contributed by atoms with Crippen molar-refractivity contribution in [2.45, 2.75) is 59.0 Å². The van der Waals surface area contributed by atoms with E-state index in [4.69, 9.17) is 9.47 Å². The lowest BCUT2D eigenvalue weighted by Gasteiger charge is -2.27. The number of imide groups is 1. The summed E-state index contributed by atoms with van der Waals surface area (Å²) in [4.78, 5) is 40.4. The van der Waals surface area contributed by atoms with Crippen LogP contribution in [0.25, 0.3) is 0 Å².